The number of ketones is 1. The zero-order valence-electron chi connectivity index (χ0n) is 17.1. The maximum absolute atomic E-state index is 13.0. The number of nitrogens with zero attached hydrogens (tertiary/aromatic N) is 2. The Morgan fingerprint density at radius 3 is 2.20 bits per heavy atom. The van der Waals surface area contributed by atoms with Crippen molar-refractivity contribution in [3.63, 3.8) is 0 Å². The van der Waals surface area contributed by atoms with Gasteiger partial charge in [-0.2, -0.15) is 0 Å². The van der Waals surface area contributed by atoms with Gasteiger partial charge >= 0.3 is 0 Å². The predicted molar refractivity (Wildman–Crippen MR) is 113 cm³/mol. The molecule has 0 aromatic heterocycles. The third-order valence-corrected chi connectivity index (χ3v) is 6.15. The summed E-state index contributed by atoms with van der Waals surface area (Å²) in [7, 11) is 0. The molecule has 0 bridgehead atoms. The minimum absolute atomic E-state index is 0.00786. The fraction of sp³-hybridized carbons (Fsp3) is 0.375. The Balaban J connectivity index is 1.34. The number of anilines is 1. The van der Waals surface area contributed by atoms with Crippen LogP contribution in [-0.4, -0.2) is 47.2 Å². The van der Waals surface area contributed by atoms with E-state index in [-0.39, 0.29) is 41.6 Å². The number of phenols is 1. The van der Waals surface area contributed by atoms with Crippen molar-refractivity contribution in [3.8, 4) is 5.75 Å². The second-order valence-electron chi connectivity index (χ2n) is 8.25. The average Bonchev–Trinajstić information content (AvgIpc) is 3.15. The smallest absolute Gasteiger partial charge is 0.228 e. The fourth-order valence-corrected chi connectivity index (χ4v) is 4.33. The highest BCUT2D eigenvalue weighted by Gasteiger charge is 2.38. The van der Waals surface area contributed by atoms with Gasteiger partial charge in [0, 0.05) is 43.2 Å². The first kappa shape index (κ1) is 20.1. The van der Waals surface area contributed by atoms with E-state index in [1.807, 2.05) is 31.2 Å². The van der Waals surface area contributed by atoms with Gasteiger partial charge in [-0.25, -0.2) is 0 Å². The van der Waals surface area contributed by atoms with Crippen LogP contribution in [0.15, 0.2) is 48.5 Å². The third-order valence-electron chi connectivity index (χ3n) is 6.15. The maximum atomic E-state index is 13.0. The third kappa shape index (κ3) is 4.08. The Hall–Kier alpha value is -3.15. The van der Waals surface area contributed by atoms with E-state index in [1.54, 1.807) is 21.9 Å². The zero-order chi connectivity index (χ0) is 21.3. The number of benzene rings is 2. The van der Waals surface area contributed by atoms with Crippen LogP contribution >= 0.6 is 0 Å². The monoisotopic (exact) mass is 406 g/mol. The van der Waals surface area contributed by atoms with Crippen molar-refractivity contribution in [1.29, 1.82) is 0 Å². The molecular weight excluding hydrogens is 380 g/mol. The van der Waals surface area contributed by atoms with Crippen molar-refractivity contribution in [2.45, 2.75) is 26.2 Å². The van der Waals surface area contributed by atoms with Gasteiger partial charge in [0.2, 0.25) is 11.8 Å². The number of rotatable bonds is 4. The van der Waals surface area contributed by atoms with Crippen molar-refractivity contribution < 1.29 is 19.5 Å². The molecule has 4 rings (SSSR count). The van der Waals surface area contributed by atoms with E-state index < -0.39 is 0 Å². The lowest BCUT2D eigenvalue weighted by molar-refractivity contribution is -0.137. The molecule has 6 nitrogen and oxygen atoms in total. The van der Waals surface area contributed by atoms with Gasteiger partial charge in [0.1, 0.15) is 5.75 Å². The molecule has 2 fully saturated rings. The van der Waals surface area contributed by atoms with Crippen molar-refractivity contribution in [2.75, 3.05) is 24.5 Å². The minimum atomic E-state index is -0.330. The number of amides is 2. The Kier molecular flexibility index (Phi) is 5.57. The van der Waals surface area contributed by atoms with Crippen LogP contribution in [0.2, 0.25) is 0 Å². The summed E-state index contributed by atoms with van der Waals surface area (Å²) in [5, 5.41) is 9.39. The molecule has 0 spiro atoms. The molecule has 2 aliphatic heterocycles. The van der Waals surface area contributed by atoms with Crippen LogP contribution in [0.4, 0.5) is 5.69 Å². The number of Topliss-reactive ketones (excluding diaryl/α,β-unsaturated/α-hetero) is 1. The lowest BCUT2D eigenvalue weighted by atomic mass is 9.88. The molecule has 1 N–H and O–H groups in total. The lowest BCUT2D eigenvalue weighted by Gasteiger charge is -2.33. The van der Waals surface area contributed by atoms with Crippen molar-refractivity contribution in [3.05, 3.63) is 59.7 Å². The molecule has 0 radical (unpaired) electrons. The molecule has 2 saturated heterocycles. The van der Waals surface area contributed by atoms with Crippen molar-refractivity contribution >= 4 is 23.3 Å². The topological polar surface area (TPSA) is 77.9 Å². The van der Waals surface area contributed by atoms with E-state index in [0.29, 0.717) is 38.0 Å². The summed E-state index contributed by atoms with van der Waals surface area (Å²) in [5.74, 6) is -0.263. The largest absolute Gasteiger partial charge is 0.508 e. The molecule has 2 aromatic carbocycles. The number of carbonyl (C=O) groups is 3. The molecule has 1 atom stereocenters. The van der Waals surface area contributed by atoms with Gasteiger partial charge in [-0.15, -0.1) is 0 Å². The Morgan fingerprint density at radius 2 is 1.57 bits per heavy atom. The van der Waals surface area contributed by atoms with Crippen molar-refractivity contribution in [2.24, 2.45) is 11.8 Å². The lowest BCUT2D eigenvalue weighted by Crippen LogP contribution is -2.43. The zero-order valence-corrected chi connectivity index (χ0v) is 17.1. The van der Waals surface area contributed by atoms with Crippen LogP contribution in [0.5, 0.6) is 5.75 Å². The Labute approximate surface area is 176 Å². The molecule has 0 aliphatic carbocycles. The molecule has 2 aliphatic rings. The van der Waals surface area contributed by atoms with Crippen LogP contribution < -0.4 is 4.90 Å². The first-order valence-electron chi connectivity index (χ1n) is 10.4. The maximum Gasteiger partial charge on any atom is 0.228 e. The summed E-state index contributed by atoms with van der Waals surface area (Å²) in [6.07, 6.45) is 1.47. The molecule has 2 aromatic rings. The van der Waals surface area contributed by atoms with Gasteiger partial charge in [-0.05, 0) is 56.2 Å². The number of likely N-dealkylation sites (tertiary alicyclic amines) is 1. The molecule has 2 amide bonds. The van der Waals surface area contributed by atoms with E-state index >= 15 is 0 Å². The molecule has 156 valence electrons. The van der Waals surface area contributed by atoms with E-state index in [9.17, 15) is 19.5 Å². The number of aryl methyl sites for hydroxylation is 1. The van der Waals surface area contributed by atoms with Gasteiger partial charge in [0.15, 0.2) is 5.78 Å². The summed E-state index contributed by atoms with van der Waals surface area (Å²) < 4.78 is 0. The van der Waals surface area contributed by atoms with Gasteiger partial charge < -0.3 is 14.9 Å². The average molecular weight is 406 g/mol. The highest BCUT2D eigenvalue weighted by Crippen LogP contribution is 2.29. The van der Waals surface area contributed by atoms with Crippen LogP contribution in [0.1, 0.15) is 35.2 Å². The normalized spacial score (nSPS) is 19.9. The van der Waals surface area contributed by atoms with Crippen LogP contribution in [0, 0.1) is 18.8 Å². The van der Waals surface area contributed by atoms with Crippen LogP contribution in [0.25, 0.3) is 0 Å². The van der Waals surface area contributed by atoms with Crippen LogP contribution in [0.3, 0.4) is 0 Å². The van der Waals surface area contributed by atoms with Gasteiger partial charge in [-0.1, -0.05) is 17.7 Å². The quantitative estimate of drug-likeness (QED) is 0.791. The molecule has 0 saturated carbocycles. The minimum Gasteiger partial charge on any atom is -0.508 e. The number of piperidine rings is 1. The van der Waals surface area contributed by atoms with Gasteiger partial charge in [0.05, 0.1) is 5.92 Å². The van der Waals surface area contributed by atoms with Crippen molar-refractivity contribution in [1.82, 2.24) is 4.90 Å². The number of aromatic hydroxyl groups is 1. The predicted octanol–water partition coefficient (Wildman–Crippen LogP) is 3.18. The van der Waals surface area contributed by atoms with E-state index in [4.69, 9.17) is 0 Å². The summed E-state index contributed by atoms with van der Waals surface area (Å²) in [6, 6.07) is 14.1. The number of phenolic OH excluding ortho intramolecular Hbond substituents is 1. The second-order valence-corrected chi connectivity index (χ2v) is 8.25. The van der Waals surface area contributed by atoms with Gasteiger partial charge in [-0.3, -0.25) is 14.4 Å². The van der Waals surface area contributed by atoms with Crippen LogP contribution in [-0.2, 0) is 9.59 Å². The highest BCUT2D eigenvalue weighted by molar-refractivity contribution is 6.00. The fourth-order valence-electron chi connectivity index (χ4n) is 4.33. The second kappa shape index (κ2) is 8.30. The summed E-state index contributed by atoms with van der Waals surface area (Å²) in [6.45, 7) is 3.47. The standard InChI is InChI=1S/C24H26N2O4/c1-16-2-6-20(7-3-16)26-15-19(14-22(26)28)24(30)25-12-10-18(11-13-25)23(29)17-4-8-21(27)9-5-17/h2-9,18-19,27H,10-15H2,1H3/t19-/m0/s1. The van der Waals surface area contributed by atoms with E-state index in [2.05, 4.69) is 0 Å². The summed E-state index contributed by atoms with van der Waals surface area (Å²) >= 11 is 0. The molecule has 30 heavy (non-hydrogen) atoms. The Morgan fingerprint density at radius 1 is 0.933 bits per heavy atom. The number of hydrogen-bond acceptors (Lipinski definition) is 4. The highest BCUT2D eigenvalue weighted by atomic mass is 16.3. The molecule has 0 unspecified atom stereocenters. The number of carbonyl (C=O) groups excluding carboxylic acids is 3. The first-order chi connectivity index (χ1) is 14.4. The first-order valence-corrected chi connectivity index (χ1v) is 10.4. The molecule has 6 heteroatoms. The molecule has 2 heterocycles. The SMILES string of the molecule is Cc1ccc(N2C[C@@H](C(=O)N3CCC(C(=O)c4ccc(O)cc4)CC3)CC2=O)cc1. The Bertz CT molecular complexity index is 944. The summed E-state index contributed by atoms with van der Waals surface area (Å²) in [4.78, 5) is 41.6. The van der Waals surface area contributed by atoms with E-state index in [0.717, 1.165) is 11.3 Å². The summed E-state index contributed by atoms with van der Waals surface area (Å²) in [5.41, 5.74) is 2.55. The van der Waals surface area contributed by atoms with Gasteiger partial charge in [0.25, 0.3) is 0 Å². The molecular formula is C24H26N2O4. The number of hydrogen-bond donors (Lipinski definition) is 1. The van der Waals surface area contributed by atoms with E-state index in [1.165, 1.54) is 12.1 Å².